The van der Waals surface area contributed by atoms with Gasteiger partial charge in [0.1, 0.15) is 22.8 Å². The van der Waals surface area contributed by atoms with Gasteiger partial charge in [0.2, 0.25) is 11.9 Å². The van der Waals surface area contributed by atoms with Gasteiger partial charge in [0.25, 0.3) is 5.91 Å². The van der Waals surface area contributed by atoms with Crippen molar-refractivity contribution in [3.8, 4) is 5.75 Å². The van der Waals surface area contributed by atoms with E-state index < -0.39 is 5.91 Å². The first-order chi connectivity index (χ1) is 16.9. The molecule has 4 N–H and O–H groups in total. The molecule has 3 aromatic rings. The summed E-state index contributed by atoms with van der Waals surface area (Å²) in [5.41, 5.74) is 6.68. The maximum absolute atomic E-state index is 12.0. The summed E-state index contributed by atoms with van der Waals surface area (Å²) < 4.78 is 7.17. The van der Waals surface area contributed by atoms with Gasteiger partial charge in [-0.3, -0.25) is 14.3 Å². The number of nitrogens with zero attached hydrogens (tertiary/aromatic N) is 5. The van der Waals surface area contributed by atoms with Crippen molar-refractivity contribution in [1.29, 1.82) is 0 Å². The quantitative estimate of drug-likeness (QED) is 0.403. The van der Waals surface area contributed by atoms with Crippen LogP contribution in [0.1, 0.15) is 29.2 Å². The van der Waals surface area contributed by atoms with Crippen molar-refractivity contribution in [1.82, 2.24) is 24.6 Å². The molecule has 11 nitrogen and oxygen atoms in total. The lowest BCUT2D eigenvalue weighted by Crippen LogP contribution is -2.39. The Balaban J connectivity index is 1.55. The largest absolute Gasteiger partial charge is 0.495 e. The highest BCUT2D eigenvalue weighted by atomic mass is 35.5. The van der Waals surface area contributed by atoms with Crippen LogP contribution in [0, 0.1) is 0 Å². The van der Waals surface area contributed by atoms with Crippen LogP contribution >= 0.6 is 11.6 Å². The number of aromatic nitrogens is 4. The third kappa shape index (κ3) is 5.35. The molecule has 0 bridgehead atoms. The van der Waals surface area contributed by atoms with Crippen molar-refractivity contribution >= 4 is 46.6 Å². The van der Waals surface area contributed by atoms with Crippen molar-refractivity contribution in [3.63, 3.8) is 0 Å². The normalized spacial score (nSPS) is 15.4. The van der Waals surface area contributed by atoms with Crippen LogP contribution in [0.5, 0.6) is 5.75 Å². The molecule has 2 aromatic heterocycles. The zero-order valence-electron chi connectivity index (χ0n) is 19.1. The number of hydrogen-bond donors (Lipinski definition) is 3. The fourth-order valence-corrected chi connectivity index (χ4v) is 4.08. The molecule has 0 spiro atoms. The highest BCUT2D eigenvalue weighted by Gasteiger charge is 2.24. The van der Waals surface area contributed by atoms with E-state index in [-0.39, 0.29) is 29.3 Å². The Bertz CT molecular complexity index is 1260. The summed E-state index contributed by atoms with van der Waals surface area (Å²) >= 11 is 6.32. The third-order valence-corrected chi connectivity index (χ3v) is 5.92. The van der Waals surface area contributed by atoms with Crippen LogP contribution in [0.4, 0.5) is 23.1 Å². The number of carbonyl (C=O) groups excluding carboxylic acids is 2. The Morgan fingerprint density at radius 1 is 1.31 bits per heavy atom. The van der Waals surface area contributed by atoms with E-state index in [0.29, 0.717) is 35.2 Å². The number of halogens is 1. The number of benzene rings is 1. The number of para-hydroxylation sites is 1. The molecule has 0 unspecified atom stereocenters. The van der Waals surface area contributed by atoms with Gasteiger partial charge in [0, 0.05) is 25.5 Å². The Morgan fingerprint density at radius 3 is 2.89 bits per heavy atom. The minimum atomic E-state index is -0.700. The van der Waals surface area contributed by atoms with Crippen LogP contribution < -0.4 is 21.1 Å². The van der Waals surface area contributed by atoms with E-state index in [4.69, 9.17) is 22.1 Å². The van der Waals surface area contributed by atoms with Crippen LogP contribution in [0.15, 0.2) is 49.4 Å². The monoisotopic (exact) mass is 496 g/mol. The average molecular weight is 497 g/mol. The number of piperidine rings is 1. The van der Waals surface area contributed by atoms with Gasteiger partial charge in [-0.05, 0) is 31.1 Å². The maximum Gasteiger partial charge on any atom is 0.254 e. The molecule has 1 fully saturated rings. The molecule has 0 aliphatic carbocycles. The van der Waals surface area contributed by atoms with Gasteiger partial charge in [-0.1, -0.05) is 24.2 Å². The fourth-order valence-electron chi connectivity index (χ4n) is 3.86. The molecule has 1 atom stereocenters. The van der Waals surface area contributed by atoms with Gasteiger partial charge in [0.15, 0.2) is 0 Å². The standard InChI is InChI=1S/C23H25ClN8O3/c1-3-19(33)31-9-5-6-15(13-31)32-12-14(10-27-32)28-23-26-11-16(21(25)34)22(30-23)29-20-17(24)7-4-8-18(20)35-2/h3-4,7-8,10-12,15H,1,5-6,9,13H2,2H3,(H2,25,34)(H2,26,28,29,30)/t15-/m0/s1. The summed E-state index contributed by atoms with van der Waals surface area (Å²) in [6.07, 6.45) is 7.90. The lowest BCUT2D eigenvalue weighted by Gasteiger charge is -2.32. The number of rotatable bonds is 8. The van der Waals surface area contributed by atoms with Crippen LogP contribution in [-0.4, -0.2) is 56.7 Å². The van der Waals surface area contributed by atoms with Gasteiger partial charge in [-0.2, -0.15) is 10.1 Å². The molecule has 1 aliphatic heterocycles. The molecule has 1 aromatic carbocycles. The lowest BCUT2D eigenvalue weighted by atomic mass is 10.1. The van der Waals surface area contributed by atoms with Gasteiger partial charge in [-0.15, -0.1) is 0 Å². The number of primary amides is 1. The molecule has 0 radical (unpaired) electrons. The van der Waals surface area contributed by atoms with Crippen molar-refractivity contribution in [2.45, 2.75) is 18.9 Å². The molecule has 1 aliphatic rings. The molecule has 4 rings (SSSR count). The first kappa shape index (κ1) is 24.0. The van der Waals surface area contributed by atoms with Crippen molar-refractivity contribution < 1.29 is 14.3 Å². The molecule has 35 heavy (non-hydrogen) atoms. The molecule has 0 saturated carbocycles. The van der Waals surface area contributed by atoms with Gasteiger partial charge in [-0.25, -0.2) is 4.98 Å². The van der Waals surface area contributed by atoms with Crippen LogP contribution in [0.3, 0.4) is 0 Å². The summed E-state index contributed by atoms with van der Waals surface area (Å²) in [6, 6.07) is 5.19. The fraction of sp³-hybridized carbons (Fsp3) is 0.261. The second-order valence-electron chi connectivity index (χ2n) is 7.88. The predicted molar refractivity (Wildman–Crippen MR) is 132 cm³/mol. The molecule has 12 heteroatoms. The van der Waals surface area contributed by atoms with E-state index in [1.807, 2.05) is 10.9 Å². The van der Waals surface area contributed by atoms with E-state index in [1.165, 1.54) is 19.4 Å². The van der Waals surface area contributed by atoms with E-state index in [2.05, 4.69) is 32.3 Å². The number of nitrogens with two attached hydrogens (primary N) is 1. The number of anilines is 4. The SMILES string of the molecule is C=CC(=O)N1CCC[C@H](n2cc(Nc3ncc(C(N)=O)c(Nc4c(Cl)cccc4OC)n3)cn2)C1. The number of hydrogen-bond acceptors (Lipinski definition) is 8. The number of likely N-dealkylation sites (tertiary alicyclic amines) is 1. The Morgan fingerprint density at radius 2 is 2.14 bits per heavy atom. The molecular formula is C23H25ClN8O3. The zero-order valence-corrected chi connectivity index (χ0v) is 19.8. The number of methoxy groups -OCH3 is 1. The minimum absolute atomic E-state index is 0.0475. The summed E-state index contributed by atoms with van der Waals surface area (Å²) in [4.78, 5) is 34.3. The third-order valence-electron chi connectivity index (χ3n) is 5.61. The van der Waals surface area contributed by atoms with Gasteiger partial charge in [0.05, 0.1) is 30.1 Å². The van der Waals surface area contributed by atoms with Crippen molar-refractivity contribution in [2.24, 2.45) is 5.73 Å². The summed E-state index contributed by atoms with van der Waals surface area (Å²) in [6.45, 7) is 4.83. The highest BCUT2D eigenvalue weighted by Crippen LogP contribution is 2.35. The summed E-state index contributed by atoms with van der Waals surface area (Å²) in [7, 11) is 1.51. The molecule has 1 saturated heterocycles. The Hall–Kier alpha value is -4.12. The zero-order chi connectivity index (χ0) is 24.9. The average Bonchev–Trinajstić information content (AvgIpc) is 3.33. The van der Waals surface area contributed by atoms with E-state index in [9.17, 15) is 9.59 Å². The smallest absolute Gasteiger partial charge is 0.254 e. The Kier molecular flexibility index (Phi) is 7.16. The van der Waals surface area contributed by atoms with Crippen LogP contribution in [-0.2, 0) is 4.79 Å². The second-order valence-corrected chi connectivity index (χ2v) is 8.29. The molecule has 2 amide bonds. The predicted octanol–water partition coefficient (Wildman–Crippen LogP) is 3.27. The number of carbonyl (C=O) groups is 2. The number of nitrogens with one attached hydrogen (secondary N) is 2. The molecule has 3 heterocycles. The highest BCUT2D eigenvalue weighted by molar-refractivity contribution is 6.33. The Labute approximate surface area is 206 Å². The van der Waals surface area contributed by atoms with E-state index in [1.54, 1.807) is 29.3 Å². The molecular weight excluding hydrogens is 472 g/mol. The number of ether oxygens (including phenoxy) is 1. The number of amides is 2. The topological polar surface area (TPSA) is 140 Å². The first-order valence-electron chi connectivity index (χ1n) is 10.9. The molecule has 182 valence electrons. The van der Waals surface area contributed by atoms with Crippen LogP contribution in [0.2, 0.25) is 5.02 Å². The minimum Gasteiger partial charge on any atom is -0.495 e. The van der Waals surface area contributed by atoms with Gasteiger partial charge < -0.3 is 26.0 Å². The lowest BCUT2D eigenvalue weighted by molar-refractivity contribution is -0.127. The maximum atomic E-state index is 12.0. The van der Waals surface area contributed by atoms with Crippen molar-refractivity contribution in [2.75, 3.05) is 30.8 Å². The second kappa shape index (κ2) is 10.4. The van der Waals surface area contributed by atoms with Crippen molar-refractivity contribution in [3.05, 3.63) is 60.0 Å². The van der Waals surface area contributed by atoms with E-state index >= 15 is 0 Å². The van der Waals surface area contributed by atoms with Crippen LogP contribution in [0.25, 0.3) is 0 Å². The first-order valence-corrected chi connectivity index (χ1v) is 11.3. The van der Waals surface area contributed by atoms with E-state index in [0.717, 1.165) is 12.8 Å². The summed E-state index contributed by atoms with van der Waals surface area (Å²) in [5.74, 6) is 0.0701. The van der Waals surface area contributed by atoms with Gasteiger partial charge >= 0.3 is 0 Å². The summed E-state index contributed by atoms with van der Waals surface area (Å²) in [5, 5.41) is 10.9.